The van der Waals surface area contributed by atoms with Crippen LogP contribution in [0.1, 0.15) is 12.5 Å². The van der Waals surface area contributed by atoms with Gasteiger partial charge >= 0.3 is 0 Å². The van der Waals surface area contributed by atoms with Crippen LogP contribution in [0.5, 0.6) is 0 Å². The number of anilines is 2. The molecule has 0 aliphatic rings. The van der Waals surface area contributed by atoms with Crippen molar-refractivity contribution in [2.45, 2.75) is 13.3 Å². The van der Waals surface area contributed by atoms with Crippen LogP contribution < -0.4 is 5.32 Å². The van der Waals surface area contributed by atoms with Crippen molar-refractivity contribution in [3.63, 3.8) is 0 Å². The Bertz CT molecular complexity index is 577. The molecule has 0 aliphatic heterocycles. The van der Waals surface area contributed by atoms with Crippen LogP contribution in [0.15, 0.2) is 29.0 Å². The van der Waals surface area contributed by atoms with Gasteiger partial charge in [-0.05, 0) is 24.6 Å². The number of nitrogens with one attached hydrogen (secondary N) is 1. The molecule has 0 radical (unpaired) electrons. The Labute approximate surface area is 118 Å². The lowest BCUT2D eigenvalue weighted by atomic mass is 10.2. The van der Waals surface area contributed by atoms with E-state index in [4.69, 9.17) is 11.6 Å². The van der Waals surface area contributed by atoms with Crippen molar-refractivity contribution in [1.29, 1.82) is 0 Å². The van der Waals surface area contributed by atoms with E-state index < -0.39 is 0 Å². The van der Waals surface area contributed by atoms with Crippen molar-refractivity contribution in [3.05, 3.63) is 45.5 Å². The molecule has 1 heterocycles. The Balaban J connectivity index is 2.37. The van der Waals surface area contributed by atoms with E-state index >= 15 is 0 Å². The molecule has 1 N–H and O–H groups in total. The minimum atomic E-state index is -0.360. The second-order valence-corrected chi connectivity index (χ2v) is 4.87. The third kappa shape index (κ3) is 2.79. The molecule has 18 heavy (non-hydrogen) atoms. The van der Waals surface area contributed by atoms with E-state index in [9.17, 15) is 4.39 Å². The molecule has 0 bridgehead atoms. The average Bonchev–Trinajstić information content (AvgIpc) is 2.33. The van der Waals surface area contributed by atoms with Gasteiger partial charge in [0.05, 0.1) is 5.69 Å². The Morgan fingerprint density at radius 1 is 1.39 bits per heavy atom. The molecule has 0 saturated heterocycles. The summed E-state index contributed by atoms with van der Waals surface area (Å²) >= 11 is 9.18. The highest BCUT2D eigenvalue weighted by molar-refractivity contribution is 9.10. The van der Waals surface area contributed by atoms with Gasteiger partial charge in [0, 0.05) is 10.0 Å². The fourth-order valence-electron chi connectivity index (χ4n) is 1.53. The summed E-state index contributed by atoms with van der Waals surface area (Å²) in [6.45, 7) is 1.94. The summed E-state index contributed by atoms with van der Waals surface area (Å²) < 4.78 is 14.4. The highest BCUT2D eigenvalue weighted by Crippen LogP contribution is 2.26. The summed E-state index contributed by atoms with van der Waals surface area (Å²) in [6.07, 6.45) is 2.01. The Morgan fingerprint density at radius 3 is 2.83 bits per heavy atom. The second kappa shape index (κ2) is 5.63. The van der Waals surface area contributed by atoms with E-state index in [2.05, 4.69) is 31.2 Å². The van der Waals surface area contributed by atoms with Gasteiger partial charge in [-0.15, -0.1) is 0 Å². The zero-order valence-electron chi connectivity index (χ0n) is 9.54. The molecule has 0 amide bonds. The lowest BCUT2D eigenvalue weighted by Crippen LogP contribution is -2.02. The number of rotatable bonds is 3. The van der Waals surface area contributed by atoms with Crippen molar-refractivity contribution >= 4 is 39.0 Å². The van der Waals surface area contributed by atoms with Gasteiger partial charge in [-0.1, -0.05) is 34.5 Å². The lowest BCUT2D eigenvalue weighted by Gasteiger charge is -2.11. The van der Waals surface area contributed by atoms with Crippen molar-refractivity contribution < 1.29 is 4.39 Å². The molecule has 6 heteroatoms. The molecule has 2 aromatic rings. The van der Waals surface area contributed by atoms with Crippen LogP contribution in [0.3, 0.4) is 0 Å². The van der Waals surface area contributed by atoms with Crippen molar-refractivity contribution in [2.75, 3.05) is 5.32 Å². The molecule has 0 aliphatic carbocycles. The SMILES string of the molecule is CCc1c(Cl)ncnc1Nc1ccc(Br)cc1F. The number of halogens is 3. The molecule has 0 unspecified atom stereocenters. The van der Waals surface area contributed by atoms with Gasteiger partial charge < -0.3 is 5.32 Å². The molecule has 0 fully saturated rings. The third-order valence-corrected chi connectivity index (χ3v) is 3.25. The number of nitrogens with zero attached hydrogens (tertiary/aromatic N) is 2. The number of hydrogen-bond acceptors (Lipinski definition) is 3. The summed E-state index contributed by atoms with van der Waals surface area (Å²) in [7, 11) is 0. The highest BCUT2D eigenvalue weighted by atomic mass is 79.9. The fourth-order valence-corrected chi connectivity index (χ4v) is 2.13. The predicted octanol–water partition coefficient (Wildman–Crippen LogP) is 4.34. The highest BCUT2D eigenvalue weighted by Gasteiger charge is 2.10. The lowest BCUT2D eigenvalue weighted by molar-refractivity contribution is 0.631. The van der Waals surface area contributed by atoms with Gasteiger partial charge in [0.15, 0.2) is 0 Å². The zero-order valence-corrected chi connectivity index (χ0v) is 11.9. The molecule has 3 nitrogen and oxygen atoms in total. The summed E-state index contributed by atoms with van der Waals surface area (Å²) in [4.78, 5) is 7.99. The van der Waals surface area contributed by atoms with Crippen LogP contribution in [0.4, 0.5) is 15.9 Å². The molecular formula is C12H10BrClFN3. The van der Waals surface area contributed by atoms with Crippen LogP contribution in [0.2, 0.25) is 5.15 Å². The minimum Gasteiger partial charge on any atom is -0.337 e. The van der Waals surface area contributed by atoms with E-state index in [1.165, 1.54) is 12.4 Å². The molecule has 1 aromatic heterocycles. The first-order chi connectivity index (χ1) is 8.61. The topological polar surface area (TPSA) is 37.8 Å². The van der Waals surface area contributed by atoms with Gasteiger partial charge in [0.1, 0.15) is 23.1 Å². The average molecular weight is 331 g/mol. The first-order valence-corrected chi connectivity index (χ1v) is 6.50. The molecule has 2 rings (SSSR count). The van der Waals surface area contributed by atoms with Crippen LogP contribution in [-0.4, -0.2) is 9.97 Å². The van der Waals surface area contributed by atoms with E-state index in [0.717, 1.165) is 5.56 Å². The first kappa shape index (κ1) is 13.2. The van der Waals surface area contributed by atoms with E-state index in [-0.39, 0.29) is 5.82 Å². The van der Waals surface area contributed by atoms with Gasteiger partial charge in [0.2, 0.25) is 0 Å². The molecule has 0 saturated carbocycles. The van der Waals surface area contributed by atoms with Crippen molar-refractivity contribution in [2.24, 2.45) is 0 Å². The fraction of sp³-hybridized carbons (Fsp3) is 0.167. The van der Waals surface area contributed by atoms with Crippen LogP contribution in [-0.2, 0) is 6.42 Å². The summed E-state index contributed by atoms with van der Waals surface area (Å²) in [6, 6.07) is 4.77. The monoisotopic (exact) mass is 329 g/mol. The maximum absolute atomic E-state index is 13.7. The predicted molar refractivity (Wildman–Crippen MR) is 73.8 cm³/mol. The van der Waals surface area contributed by atoms with E-state index in [1.807, 2.05) is 6.92 Å². The summed E-state index contributed by atoms with van der Waals surface area (Å²) in [5.41, 5.74) is 1.11. The maximum atomic E-state index is 13.7. The largest absolute Gasteiger partial charge is 0.337 e. The molecule has 0 spiro atoms. The third-order valence-electron chi connectivity index (χ3n) is 2.43. The van der Waals surface area contributed by atoms with Crippen LogP contribution >= 0.6 is 27.5 Å². The molecule has 1 aromatic carbocycles. The Hall–Kier alpha value is -1.20. The molecular weight excluding hydrogens is 321 g/mol. The first-order valence-electron chi connectivity index (χ1n) is 5.33. The minimum absolute atomic E-state index is 0.350. The molecule has 0 atom stereocenters. The standard InChI is InChI=1S/C12H10BrClFN3/c1-2-8-11(14)16-6-17-12(8)18-10-4-3-7(13)5-9(10)15/h3-6H,2H2,1H3,(H,16,17,18). The summed E-state index contributed by atoms with van der Waals surface area (Å²) in [5.74, 6) is 0.167. The van der Waals surface area contributed by atoms with E-state index in [0.29, 0.717) is 27.6 Å². The smallest absolute Gasteiger partial charge is 0.147 e. The Morgan fingerprint density at radius 2 is 2.17 bits per heavy atom. The normalized spacial score (nSPS) is 10.4. The van der Waals surface area contributed by atoms with Crippen LogP contribution in [0, 0.1) is 5.82 Å². The van der Waals surface area contributed by atoms with Gasteiger partial charge in [0.25, 0.3) is 0 Å². The quantitative estimate of drug-likeness (QED) is 0.851. The van der Waals surface area contributed by atoms with Crippen LogP contribution in [0.25, 0.3) is 0 Å². The Kier molecular flexibility index (Phi) is 4.14. The number of aromatic nitrogens is 2. The van der Waals surface area contributed by atoms with Crippen molar-refractivity contribution in [1.82, 2.24) is 9.97 Å². The second-order valence-electron chi connectivity index (χ2n) is 3.59. The molecule has 94 valence electrons. The maximum Gasteiger partial charge on any atom is 0.147 e. The van der Waals surface area contributed by atoms with Gasteiger partial charge in [-0.2, -0.15) is 0 Å². The van der Waals surface area contributed by atoms with Gasteiger partial charge in [-0.3, -0.25) is 0 Å². The van der Waals surface area contributed by atoms with E-state index in [1.54, 1.807) is 12.1 Å². The zero-order chi connectivity index (χ0) is 13.1. The number of benzene rings is 1. The summed E-state index contributed by atoms with van der Waals surface area (Å²) in [5, 5.41) is 3.31. The van der Waals surface area contributed by atoms with Gasteiger partial charge in [-0.25, -0.2) is 14.4 Å². The van der Waals surface area contributed by atoms with Crippen molar-refractivity contribution in [3.8, 4) is 0 Å². The number of hydrogen-bond donors (Lipinski definition) is 1.